The highest BCUT2D eigenvalue weighted by molar-refractivity contribution is 7.11. The minimum atomic E-state index is -0.148. The molecule has 3 rings (SSSR count). The van der Waals surface area contributed by atoms with Gasteiger partial charge in [0.25, 0.3) is 5.91 Å². The summed E-state index contributed by atoms with van der Waals surface area (Å²) in [5.41, 5.74) is 2.88. The summed E-state index contributed by atoms with van der Waals surface area (Å²) in [6.07, 6.45) is 0. The molecular weight excluding hydrogens is 296 g/mol. The number of piperazine rings is 1. The minimum Gasteiger partial charge on any atom is -0.369 e. The number of rotatable bonds is 3. The number of anilines is 2. The number of likely N-dealkylation sites (N-methyl/N-ethyl adjacent to an activating group) is 1. The lowest BCUT2D eigenvalue weighted by atomic mass is 10.2. The Morgan fingerprint density at radius 2 is 1.86 bits per heavy atom. The fraction of sp³-hybridized carbons (Fsp3) is 0.375. The molecule has 1 saturated heterocycles. The van der Waals surface area contributed by atoms with E-state index in [1.165, 1.54) is 17.0 Å². The maximum Gasteiger partial charge on any atom is 0.284 e. The van der Waals surface area contributed by atoms with Gasteiger partial charge in [0.15, 0.2) is 5.01 Å². The second kappa shape index (κ2) is 6.46. The van der Waals surface area contributed by atoms with Crippen molar-refractivity contribution in [2.45, 2.75) is 6.92 Å². The maximum absolute atomic E-state index is 12.1. The second-order valence-corrected chi connectivity index (χ2v) is 6.44. The Balaban J connectivity index is 1.63. The summed E-state index contributed by atoms with van der Waals surface area (Å²) in [5, 5.41) is 5.27. The number of carbonyl (C=O) groups is 1. The van der Waals surface area contributed by atoms with Crippen molar-refractivity contribution >= 4 is 28.6 Å². The Morgan fingerprint density at radius 3 is 2.45 bits per heavy atom. The smallest absolute Gasteiger partial charge is 0.284 e. The quantitative estimate of drug-likeness (QED) is 0.945. The van der Waals surface area contributed by atoms with Crippen molar-refractivity contribution in [1.82, 2.24) is 9.88 Å². The molecule has 0 bridgehead atoms. The first-order valence-corrected chi connectivity index (χ1v) is 8.27. The summed E-state index contributed by atoms with van der Waals surface area (Å²) < 4.78 is 0. The zero-order chi connectivity index (χ0) is 15.5. The topological polar surface area (TPSA) is 48.5 Å². The molecule has 1 N–H and O–H groups in total. The lowest BCUT2D eigenvalue weighted by Crippen LogP contribution is -2.44. The highest BCUT2D eigenvalue weighted by Crippen LogP contribution is 2.20. The SMILES string of the molecule is Cc1csc(C(=O)Nc2ccc(N3CCN(C)CC3)cc2)n1. The highest BCUT2D eigenvalue weighted by atomic mass is 32.1. The molecule has 1 aromatic heterocycles. The van der Waals surface area contributed by atoms with Crippen LogP contribution >= 0.6 is 11.3 Å². The number of aromatic nitrogens is 1. The predicted octanol–water partition coefficient (Wildman–Crippen LogP) is 2.46. The van der Waals surface area contributed by atoms with Gasteiger partial charge in [-0.25, -0.2) is 4.98 Å². The van der Waals surface area contributed by atoms with E-state index in [0.29, 0.717) is 5.01 Å². The fourth-order valence-corrected chi connectivity index (χ4v) is 3.15. The van der Waals surface area contributed by atoms with Gasteiger partial charge < -0.3 is 15.1 Å². The van der Waals surface area contributed by atoms with Crippen LogP contribution in [0.2, 0.25) is 0 Å². The molecule has 0 aliphatic carbocycles. The van der Waals surface area contributed by atoms with E-state index in [0.717, 1.165) is 37.6 Å². The Bertz CT molecular complexity index is 644. The van der Waals surface area contributed by atoms with Crippen LogP contribution in [0.5, 0.6) is 0 Å². The number of nitrogens with one attached hydrogen (secondary N) is 1. The fourth-order valence-electron chi connectivity index (χ4n) is 2.46. The first-order chi connectivity index (χ1) is 10.6. The third-order valence-electron chi connectivity index (χ3n) is 3.81. The molecule has 1 aromatic carbocycles. The van der Waals surface area contributed by atoms with E-state index >= 15 is 0 Å². The van der Waals surface area contributed by atoms with Crippen molar-refractivity contribution in [2.24, 2.45) is 0 Å². The van der Waals surface area contributed by atoms with Gasteiger partial charge in [0.1, 0.15) is 0 Å². The van der Waals surface area contributed by atoms with E-state index in [9.17, 15) is 4.79 Å². The van der Waals surface area contributed by atoms with Gasteiger partial charge in [-0.2, -0.15) is 0 Å². The molecular formula is C16H20N4OS. The summed E-state index contributed by atoms with van der Waals surface area (Å²) in [5.74, 6) is -0.148. The van der Waals surface area contributed by atoms with Crippen LogP contribution in [-0.4, -0.2) is 49.0 Å². The van der Waals surface area contributed by atoms with Gasteiger partial charge >= 0.3 is 0 Å². The van der Waals surface area contributed by atoms with Crippen molar-refractivity contribution in [3.63, 3.8) is 0 Å². The second-order valence-electron chi connectivity index (χ2n) is 5.59. The largest absolute Gasteiger partial charge is 0.369 e. The molecule has 0 radical (unpaired) electrons. The first kappa shape index (κ1) is 15.0. The van der Waals surface area contributed by atoms with Crippen LogP contribution in [0.4, 0.5) is 11.4 Å². The monoisotopic (exact) mass is 316 g/mol. The Morgan fingerprint density at radius 1 is 1.18 bits per heavy atom. The summed E-state index contributed by atoms with van der Waals surface area (Å²) in [6, 6.07) is 8.03. The van der Waals surface area contributed by atoms with Crippen LogP contribution in [0.1, 0.15) is 15.5 Å². The molecule has 0 spiro atoms. The van der Waals surface area contributed by atoms with Gasteiger partial charge in [0.05, 0.1) is 0 Å². The molecule has 116 valence electrons. The molecule has 5 nitrogen and oxygen atoms in total. The normalized spacial score (nSPS) is 15.8. The molecule has 1 aliphatic rings. The van der Waals surface area contributed by atoms with Crippen molar-refractivity contribution in [2.75, 3.05) is 43.4 Å². The van der Waals surface area contributed by atoms with Crippen molar-refractivity contribution in [3.8, 4) is 0 Å². The van der Waals surface area contributed by atoms with Crippen molar-refractivity contribution < 1.29 is 4.79 Å². The van der Waals surface area contributed by atoms with Gasteiger partial charge in [0, 0.05) is 48.6 Å². The van der Waals surface area contributed by atoms with E-state index in [2.05, 4.69) is 39.3 Å². The number of nitrogens with zero attached hydrogens (tertiary/aromatic N) is 3. The number of thiazole rings is 1. The van der Waals surface area contributed by atoms with Crippen LogP contribution < -0.4 is 10.2 Å². The number of carbonyl (C=O) groups excluding carboxylic acids is 1. The molecule has 2 heterocycles. The third-order valence-corrected chi connectivity index (χ3v) is 4.77. The first-order valence-electron chi connectivity index (χ1n) is 7.39. The Kier molecular flexibility index (Phi) is 4.40. The van der Waals surface area contributed by atoms with Crippen LogP contribution in [-0.2, 0) is 0 Å². The average Bonchev–Trinajstić information content (AvgIpc) is 2.96. The summed E-state index contributed by atoms with van der Waals surface area (Å²) in [4.78, 5) is 21.0. The van der Waals surface area contributed by atoms with Gasteiger partial charge in [0.2, 0.25) is 0 Å². The van der Waals surface area contributed by atoms with Crippen LogP contribution in [0, 0.1) is 6.92 Å². The van der Waals surface area contributed by atoms with E-state index in [1.54, 1.807) is 0 Å². The van der Waals surface area contributed by atoms with Crippen molar-refractivity contribution in [3.05, 3.63) is 40.3 Å². The molecule has 0 atom stereocenters. The molecule has 0 unspecified atom stereocenters. The van der Waals surface area contributed by atoms with Gasteiger partial charge in [-0.3, -0.25) is 4.79 Å². The van der Waals surface area contributed by atoms with E-state index < -0.39 is 0 Å². The van der Waals surface area contributed by atoms with Crippen molar-refractivity contribution in [1.29, 1.82) is 0 Å². The Labute approximate surface area is 134 Å². The maximum atomic E-state index is 12.1. The van der Waals surface area contributed by atoms with Gasteiger partial charge in [-0.15, -0.1) is 11.3 Å². The number of amides is 1. The number of hydrogen-bond donors (Lipinski definition) is 1. The minimum absolute atomic E-state index is 0.148. The van der Waals surface area contributed by atoms with Crippen LogP contribution in [0.15, 0.2) is 29.6 Å². The number of benzene rings is 1. The average molecular weight is 316 g/mol. The molecule has 0 saturated carbocycles. The Hall–Kier alpha value is -1.92. The lowest BCUT2D eigenvalue weighted by molar-refractivity contribution is 0.102. The third kappa shape index (κ3) is 3.45. The van der Waals surface area contributed by atoms with E-state index in [-0.39, 0.29) is 5.91 Å². The highest BCUT2D eigenvalue weighted by Gasteiger charge is 2.14. The van der Waals surface area contributed by atoms with E-state index in [4.69, 9.17) is 0 Å². The van der Waals surface area contributed by atoms with Crippen LogP contribution in [0.25, 0.3) is 0 Å². The predicted molar refractivity (Wildman–Crippen MR) is 91.0 cm³/mol. The molecule has 6 heteroatoms. The van der Waals surface area contributed by atoms with Gasteiger partial charge in [-0.05, 0) is 38.2 Å². The zero-order valence-electron chi connectivity index (χ0n) is 12.9. The number of hydrogen-bond acceptors (Lipinski definition) is 5. The van der Waals surface area contributed by atoms with Gasteiger partial charge in [-0.1, -0.05) is 0 Å². The standard InChI is InChI=1S/C16H20N4OS/c1-12-11-22-16(17-12)15(21)18-13-3-5-14(6-4-13)20-9-7-19(2)8-10-20/h3-6,11H,7-10H2,1-2H3,(H,18,21). The molecule has 2 aromatic rings. The zero-order valence-corrected chi connectivity index (χ0v) is 13.7. The molecule has 1 fully saturated rings. The summed E-state index contributed by atoms with van der Waals surface area (Å²) >= 11 is 1.37. The molecule has 22 heavy (non-hydrogen) atoms. The summed E-state index contributed by atoms with van der Waals surface area (Å²) in [6.45, 7) is 6.14. The van der Waals surface area contributed by atoms with Crippen LogP contribution in [0.3, 0.4) is 0 Å². The summed E-state index contributed by atoms with van der Waals surface area (Å²) in [7, 11) is 2.15. The number of aryl methyl sites for hydroxylation is 1. The lowest BCUT2D eigenvalue weighted by Gasteiger charge is -2.34. The molecule has 1 aliphatic heterocycles. The van der Waals surface area contributed by atoms with E-state index in [1.807, 2.05) is 24.4 Å². The molecule has 1 amide bonds.